The Labute approximate surface area is 133 Å². The number of aliphatic imine (C=N–C) groups is 2. The maximum Gasteiger partial charge on any atom is 0.270 e. The number of rotatable bonds is 4. The lowest BCUT2D eigenvalue weighted by Gasteiger charge is -2.34. The first-order chi connectivity index (χ1) is 10.7. The van der Waals surface area contributed by atoms with Gasteiger partial charge in [0.2, 0.25) is 0 Å². The van der Waals surface area contributed by atoms with Crippen LogP contribution in [0.1, 0.15) is 31.7 Å². The number of amidine groups is 2. The van der Waals surface area contributed by atoms with E-state index in [1.807, 2.05) is 0 Å². The standard InChI is InChI=1S/C15H18N4O2S/c1-2-3-7-17-15-18-9-4-8-16-14(18)12-6-5-11(19(20)21)10-13(12)22-15/h5-6,10H,2-4,7-9H2,1H3. The van der Waals surface area contributed by atoms with Gasteiger partial charge in [-0.05, 0) is 18.9 Å². The Hall–Kier alpha value is -1.89. The highest BCUT2D eigenvalue weighted by Crippen LogP contribution is 2.36. The first kappa shape index (κ1) is 15.0. The third-order valence-electron chi connectivity index (χ3n) is 3.66. The largest absolute Gasteiger partial charge is 0.305 e. The molecule has 0 N–H and O–H groups in total. The summed E-state index contributed by atoms with van der Waals surface area (Å²) in [6.07, 6.45) is 3.16. The summed E-state index contributed by atoms with van der Waals surface area (Å²) >= 11 is 1.52. The van der Waals surface area contributed by atoms with Crippen LogP contribution in [0, 0.1) is 10.1 Å². The highest BCUT2D eigenvalue weighted by molar-refractivity contribution is 8.14. The van der Waals surface area contributed by atoms with E-state index in [9.17, 15) is 10.1 Å². The molecule has 0 radical (unpaired) electrons. The summed E-state index contributed by atoms with van der Waals surface area (Å²) in [5.74, 6) is 0.908. The minimum Gasteiger partial charge on any atom is -0.305 e. The van der Waals surface area contributed by atoms with E-state index < -0.39 is 0 Å². The molecule has 22 heavy (non-hydrogen) atoms. The number of non-ortho nitro benzene ring substituents is 1. The molecular weight excluding hydrogens is 300 g/mol. The number of nitro benzene ring substituents is 1. The molecule has 1 aromatic carbocycles. The van der Waals surface area contributed by atoms with Gasteiger partial charge in [0.1, 0.15) is 5.84 Å². The Morgan fingerprint density at radius 1 is 1.50 bits per heavy atom. The molecule has 2 heterocycles. The molecule has 3 rings (SSSR count). The van der Waals surface area contributed by atoms with Crippen molar-refractivity contribution in [2.45, 2.75) is 31.1 Å². The minimum atomic E-state index is -0.357. The summed E-state index contributed by atoms with van der Waals surface area (Å²) < 4.78 is 0. The quantitative estimate of drug-likeness (QED) is 0.485. The summed E-state index contributed by atoms with van der Waals surface area (Å²) in [4.78, 5) is 23.0. The second-order valence-electron chi connectivity index (χ2n) is 5.27. The van der Waals surface area contributed by atoms with Crippen LogP contribution in [0.2, 0.25) is 0 Å². The molecule has 0 bridgehead atoms. The van der Waals surface area contributed by atoms with Crippen molar-refractivity contribution in [3.8, 4) is 0 Å². The molecular formula is C15H18N4O2S. The third kappa shape index (κ3) is 2.85. The predicted molar refractivity (Wildman–Crippen MR) is 88.9 cm³/mol. The summed E-state index contributed by atoms with van der Waals surface area (Å²) in [5, 5.41) is 11.9. The highest BCUT2D eigenvalue weighted by Gasteiger charge is 2.31. The monoisotopic (exact) mass is 318 g/mol. The zero-order valence-electron chi connectivity index (χ0n) is 12.5. The van der Waals surface area contributed by atoms with Crippen molar-refractivity contribution in [3.63, 3.8) is 0 Å². The van der Waals surface area contributed by atoms with Gasteiger partial charge < -0.3 is 4.90 Å². The first-order valence-corrected chi connectivity index (χ1v) is 8.35. The maximum atomic E-state index is 11.0. The zero-order valence-corrected chi connectivity index (χ0v) is 13.3. The van der Waals surface area contributed by atoms with Gasteiger partial charge in [0.25, 0.3) is 5.69 Å². The van der Waals surface area contributed by atoms with Crippen LogP contribution in [-0.2, 0) is 0 Å². The predicted octanol–water partition coefficient (Wildman–Crippen LogP) is 3.31. The van der Waals surface area contributed by atoms with E-state index in [4.69, 9.17) is 0 Å². The van der Waals surface area contributed by atoms with E-state index >= 15 is 0 Å². The molecule has 0 spiro atoms. The molecule has 1 aromatic rings. The molecule has 2 aliphatic heterocycles. The lowest BCUT2D eigenvalue weighted by molar-refractivity contribution is -0.385. The second kappa shape index (κ2) is 6.48. The van der Waals surface area contributed by atoms with E-state index in [2.05, 4.69) is 21.8 Å². The van der Waals surface area contributed by atoms with Crippen LogP contribution in [0.15, 0.2) is 33.1 Å². The van der Waals surface area contributed by atoms with Gasteiger partial charge in [0, 0.05) is 42.2 Å². The number of fused-ring (bicyclic) bond motifs is 3. The smallest absolute Gasteiger partial charge is 0.270 e. The first-order valence-electron chi connectivity index (χ1n) is 7.54. The normalized spacial score (nSPS) is 18.7. The molecule has 7 heteroatoms. The van der Waals surface area contributed by atoms with Crippen molar-refractivity contribution >= 4 is 28.5 Å². The Morgan fingerprint density at radius 3 is 3.14 bits per heavy atom. The Balaban J connectivity index is 2.00. The molecule has 0 fully saturated rings. The number of nitro groups is 1. The van der Waals surface area contributed by atoms with E-state index in [0.29, 0.717) is 0 Å². The average Bonchev–Trinajstić information content (AvgIpc) is 2.54. The fraction of sp³-hybridized carbons (Fsp3) is 0.467. The SMILES string of the molecule is CCCCN=C1Sc2cc([N+](=O)[O-])ccc2C2=NCCCN12. The van der Waals surface area contributed by atoms with Crippen LogP contribution in [0.3, 0.4) is 0 Å². The fourth-order valence-electron chi connectivity index (χ4n) is 2.52. The Morgan fingerprint density at radius 2 is 2.36 bits per heavy atom. The van der Waals surface area contributed by atoms with E-state index in [0.717, 1.165) is 60.4 Å². The van der Waals surface area contributed by atoms with Crippen molar-refractivity contribution < 1.29 is 4.92 Å². The van der Waals surface area contributed by atoms with Crippen molar-refractivity contribution in [2.75, 3.05) is 19.6 Å². The molecule has 0 atom stereocenters. The van der Waals surface area contributed by atoms with Crippen molar-refractivity contribution in [1.29, 1.82) is 0 Å². The molecule has 0 saturated carbocycles. The number of unbranched alkanes of at least 4 members (excludes halogenated alkanes) is 1. The van der Waals surface area contributed by atoms with E-state index in [1.165, 1.54) is 11.8 Å². The van der Waals surface area contributed by atoms with Crippen LogP contribution >= 0.6 is 11.8 Å². The van der Waals surface area contributed by atoms with Gasteiger partial charge in [-0.2, -0.15) is 0 Å². The summed E-state index contributed by atoms with van der Waals surface area (Å²) in [7, 11) is 0. The van der Waals surface area contributed by atoms with Crippen LogP contribution in [0.25, 0.3) is 0 Å². The van der Waals surface area contributed by atoms with Crippen LogP contribution in [0.5, 0.6) is 0 Å². The van der Waals surface area contributed by atoms with Crippen LogP contribution in [0.4, 0.5) is 5.69 Å². The molecule has 0 amide bonds. The van der Waals surface area contributed by atoms with Gasteiger partial charge >= 0.3 is 0 Å². The second-order valence-corrected chi connectivity index (χ2v) is 6.28. The molecule has 0 unspecified atom stereocenters. The number of hydrogen-bond acceptors (Lipinski definition) is 5. The zero-order chi connectivity index (χ0) is 15.5. The van der Waals surface area contributed by atoms with Gasteiger partial charge in [-0.3, -0.25) is 20.1 Å². The maximum absolute atomic E-state index is 11.0. The van der Waals surface area contributed by atoms with Crippen LogP contribution < -0.4 is 0 Å². The Bertz CT molecular complexity index is 657. The Kier molecular flexibility index (Phi) is 4.42. The van der Waals surface area contributed by atoms with Crippen LogP contribution in [-0.4, -0.2) is 40.5 Å². The lowest BCUT2D eigenvalue weighted by Crippen LogP contribution is -2.42. The number of nitrogens with zero attached hydrogens (tertiary/aromatic N) is 4. The van der Waals surface area contributed by atoms with Crippen molar-refractivity contribution in [2.24, 2.45) is 9.98 Å². The number of thioether (sulfide) groups is 1. The lowest BCUT2D eigenvalue weighted by atomic mass is 10.1. The summed E-state index contributed by atoms with van der Waals surface area (Å²) in [6, 6.07) is 4.98. The third-order valence-corrected chi connectivity index (χ3v) is 4.75. The molecule has 0 aromatic heterocycles. The van der Waals surface area contributed by atoms with Gasteiger partial charge in [-0.15, -0.1) is 0 Å². The highest BCUT2D eigenvalue weighted by atomic mass is 32.2. The van der Waals surface area contributed by atoms with Gasteiger partial charge in [-0.25, -0.2) is 0 Å². The minimum absolute atomic E-state index is 0.115. The summed E-state index contributed by atoms with van der Waals surface area (Å²) in [6.45, 7) is 4.63. The van der Waals surface area contributed by atoms with E-state index in [1.54, 1.807) is 18.2 Å². The molecule has 0 aliphatic carbocycles. The summed E-state index contributed by atoms with van der Waals surface area (Å²) in [5.41, 5.74) is 1.09. The van der Waals surface area contributed by atoms with E-state index in [-0.39, 0.29) is 10.6 Å². The fourth-order valence-corrected chi connectivity index (χ4v) is 3.61. The number of hydrogen-bond donors (Lipinski definition) is 0. The average molecular weight is 318 g/mol. The number of benzene rings is 1. The van der Waals surface area contributed by atoms with Gasteiger partial charge in [0.15, 0.2) is 5.17 Å². The molecule has 116 valence electrons. The molecule has 0 saturated heterocycles. The van der Waals surface area contributed by atoms with Crippen molar-refractivity contribution in [1.82, 2.24) is 4.90 Å². The topological polar surface area (TPSA) is 71.1 Å². The molecule has 2 aliphatic rings. The molecule has 6 nitrogen and oxygen atoms in total. The van der Waals surface area contributed by atoms with Gasteiger partial charge in [-0.1, -0.05) is 25.1 Å². The van der Waals surface area contributed by atoms with Crippen molar-refractivity contribution in [3.05, 3.63) is 33.9 Å². The van der Waals surface area contributed by atoms with Gasteiger partial charge in [0.05, 0.1) is 4.92 Å².